The summed E-state index contributed by atoms with van der Waals surface area (Å²) in [6.07, 6.45) is 0. The van der Waals surface area contributed by atoms with Crippen LogP contribution in [-0.4, -0.2) is 4.98 Å². The van der Waals surface area contributed by atoms with Crippen molar-refractivity contribution in [2.45, 2.75) is 0 Å². The van der Waals surface area contributed by atoms with Crippen molar-refractivity contribution in [2.75, 3.05) is 4.90 Å². The van der Waals surface area contributed by atoms with Gasteiger partial charge in [0.2, 0.25) is 5.89 Å². The van der Waals surface area contributed by atoms with Gasteiger partial charge in [-0.2, -0.15) is 0 Å². The first-order valence-electron chi connectivity index (χ1n) is 16.5. The molecule has 0 atom stereocenters. The SMILES string of the molecule is c1ccc(N(c2ccc(-c3cccc4ccccc34)cc2)c2ccc3oc4cccc(-c5nc6c(ccc7ccccc76)o5)c4c3c2)cc1. The van der Waals surface area contributed by atoms with E-state index in [0.717, 1.165) is 66.4 Å². The molecule has 2 aromatic heterocycles. The molecule has 0 fully saturated rings. The largest absolute Gasteiger partial charge is 0.456 e. The highest BCUT2D eigenvalue weighted by Crippen LogP contribution is 2.42. The van der Waals surface area contributed by atoms with Crippen LogP contribution < -0.4 is 4.90 Å². The molecule has 4 heteroatoms. The van der Waals surface area contributed by atoms with Crippen LogP contribution in [0.3, 0.4) is 0 Å². The molecule has 2 heterocycles. The van der Waals surface area contributed by atoms with Gasteiger partial charge in [-0.05, 0) is 87.9 Å². The molecule has 0 aliphatic heterocycles. The Morgan fingerprint density at radius 1 is 0.408 bits per heavy atom. The Bertz CT molecular complexity index is 2820. The van der Waals surface area contributed by atoms with Gasteiger partial charge in [-0.15, -0.1) is 0 Å². The van der Waals surface area contributed by atoms with Crippen LogP contribution in [0.4, 0.5) is 17.1 Å². The van der Waals surface area contributed by atoms with Gasteiger partial charge in [0.05, 0.1) is 0 Å². The molecule has 0 N–H and O–H groups in total. The molecule has 0 aliphatic rings. The molecule has 8 aromatic carbocycles. The van der Waals surface area contributed by atoms with Crippen LogP contribution in [0.5, 0.6) is 0 Å². The van der Waals surface area contributed by atoms with E-state index in [1.807, 2.05) is 36.4 Å². The van der Waals surface area contributed by atoms with Gasteiger partial charge in [-0.1, -0.05) is 109 Å². The standard InChI is InChI=1S/C45H28N2O2/c1-2-13-32(14-3-1)47(33-23-20-31(21-24-33)36-17-8-12-29-10-4-6-15-35(29)36)34-25-27-40-39(28-34)43-38(18-9-19-41(43)48-40)45-46-44-37-16-7-5-11-30(37)22-26-42(44)49-45/h1-28H. The molecule has 0 spiro atoms. The summed E-state index contributed by atoms with van der Waals surface area (Å²) in [6.45, 7) is 0. The lowest BCUT2D eigenvalue weighted by Gasteiger charge is -2.25. The van der Waals surface area contributed by atoms with Crippen molar-refractivity contribution in [1.82, 2.24) is 4.98 Å². The maximum atomic E-state index is 6.42. The zero-order valence-electron chi connectivity index (χ0n) is 26.4. The van der Waals surface area contributed by atoms with Crippen LogP contribution in [0, 0.1) is 0 Å². The van der Waals surface area contributed by atoms with Crippen molar-refractivity contribution in [1.29, 1.82) is 0 Å². The van der Waals surface area contributed by atoms with Crippen molar-refractivity contribution in [2.24, 2.45) is 0 Å². The van der Waals surface area contributed by atoms with Crippen LogP contribution in [0.25, 0.3) is 77.2 Å². The van der Waals surface area contributed by atoms with E-state index in [-0.39, 0.29) is 0 Å². The Morgan fingerprint density at radius 3 is 1.92 bits per heavy atom. The van der Waals surface area contributed by atoms with Gasteiger partial charge in [-0.25, -0.2) is 4.98 Å². The van der Waals surface area contributed by atoms with E-state index in [0.29, 0.717) is 5.89 Å². The highest BCUT2D eigenvalue weighted by Gasteiger charge is 2.20. The molecular formula is C45H28N2O2. The van der Waals surface area contributed by atoms with Gasteiger partial charge in [-0.3, -0.25) is 0 Å². The first-order chi connectivity index (χ1) is 24.3. The zero-order valence-corrected chi connectivity index (χ0v) is 26.4. The van der Waals surface area contributed by atoms with Crippen LogP contribution >= 0.6 is 0 Å². The molecule has 10 rings (SSSR count). The number of fused-ring (bicyclic) bond motifs is 7. The Kier molecular flexibility index (Phi) is 6.15. The summed E-state index contributed by atoms with van der Waals surface area (Å²) in [4.78, 5) is 7.32. The Balaban J connectivity index is 1.12. The lowest BCUT2D eigenvalue weighted by Crippen LogP contribution is -2.09. The number of hydrogen-bond acceptors (Lipinski definition) is 4. The Morgan fingerprint density at radius 2 is 1.06 bits per heavy atom. The summed E-state index contributed by atoms with van der Waals surface area (Å²) < 4.78 is 12.8. The molecule has 0 saturated heterocycles. The zero-order chi connectivity index (χ0) is 32.3. The third-order valence-electron chi connectivity index (χ3n) is 9.49. The van der Waals surface area contributed by atoms with E-state index in [4.69, 9.17) is 13.8 Å². The highest BCUT2D eigenvalue weighted by atomic mass is 16.3. The average Bonchev–Trinajstić information content (AvgIpc) is 3.78. The highest BCUT2D eigenvalue weighted by molar-refractivity contribution is 6.13. The Hall–Kier alpha value is -6.65. The van der Waals surface area contributed by atoms with Crippen molar-refractivity contribution in [3.05, 3.63) is 170 Å². The maximum Gasteiger partial charge on any atom is 0.228 e. The van der Waals surface area contributed by atoms with Crippen LogP contribution in [-0.2, 0) is 0 Å². The van der Waals surface area contributed by atoms with E-state index in [1.54, 1.807) is 0 Å². The fourth-order valence-electron chi connectivity index (χ4n) is 7.20. The number of para-hydroxylation sites is 1. The first-order valence-corrected chi connectivity index (χ1v) is 16.5. The number of hydrogen-bond donors (Lipinski definition) is 0. The number of nitrogens with zero attached hydrogens (tertiary/aromatic N) is 2. The van der Waals surface area contributed by atoms with Gasteiger partial charge in [0, 0.05) is 38.8 Å². The summed E-state index contributed by atoms with van der Waals surface area (Å²) in [5, 5.41) is 6.68. The van der Waals surface area contributed by atoms with Gasteiger partial charge in [0.1, 0.15) is 16.7 Å². The van der Waals surface area contributed by atoms with Gasteiger partial charge in [0.15, 0.2) is 5.58 Å². The first kappa shape index (κ1) is 27.5. The van der Waals surface area contributed by atoms with Crippen molar-refractivity contribution < 1.29 is 8.83 Å². The lowest BCUT2D eigenvalue weighted by molar-refractivity contribution is 0.620. The van der Waals surface area contributed by atoms with Crippen molar-refractivity contribution in [3.63, 3.8) is 0 Å². The minimum Gasteiger partial charge on any atom is -0.456 e. The van der Waals surface area contributed by atoms with E-state index in [9.17, 15) is 0 Å². The van der Waals surface area contributed by atoms with Gasteiger partial charge in [0.25, 0.3) is 0 Å². The minimum atomic E-state index is 0.578. The summed E-state index contributed by atoms with van der Waals surface area (Å²) in [5.41, 5.74) is 9.70. The van der Waals surface area contributed by atoms with Gasteiger partial charge < -0.3 is 13.7 Å². The molecule has 0 saturated carbocycles. The fraction of sp³-hybridized carbons (Fsp3) is 0. The van der Waals surface area contributed by atoms with Crippen LogP contribution in [0.15, 0.2) is 179 Å². The summed E-state index contributed by atoms with van der Waals surface area (Å²) in [5.74, 6) is 0.578. The van der Waals surface area contributed by atoms with Crippen molar-refractivity contribution >= 4 is 71.6 Å². The second-order valence-corrected chi connectivity index (χ2v) is 12.4. The Labute approximate surface area is 282 Å². The molecule has 49 heavy (non-hydrogen) atoms. The number of benzene rings is 8. The molecule has 230 valence electrons. The number of aromatic nitrogens is 1. The van der Waals surface area contributed by atoms with Crippen molar-refractivity contribution in [3.8, 4) is 22.6 Å². The maximum absolute atomic E-state index is 6.42. The van der Waals surface area contributed by atoms with Crippen LogP contribution in [0.2, 0.25) is 0 Å². The third-order valence-corrected chi connectivity index (χ3v) is 9.49. The summed E-state index contributed by atoms with van der Waals surface area (Å²) in [7, 11) is 0. The average molecular weight is 629 g/mol. The van der Waals surface area contributed by atoms with Crippen LogP contribution in [0.1, 0.15) is 0 Å². The predicted molar refractivity (Wildman–Crippen MR) is 202 cm³/mol. The fourth-order valence-corrected chi connectivity index (χ4v) is 7.20. The number of furan rings is 1. The molecule has 0 unspecified atom stereocenters. The van der Waals surface area contributed by atoms with E-state index >= 15 is 0 Å². The molecule has 0 amide bonds. The van der Waals surface area contributed by atoms with E-state index in [1.165, 1.54) is 21.9 Å². The predicted octanol–water partition coefficient (Wildman–Crippen LogP) is 12.8. The smallest absolute Gasteiger partial charge is 0.228 e. The molecule has 0 aliphatic carbocycles. The normalized spacial score (nSPS) is 11.7. The minimum absolute atomic E-state index is 0.578. The quantitative estimate of drug-likeness (QED) is 0.190. The molecule has 0 radical (unpaired) electrons. The monoisotopic (exact) mass is 628 g/mol. The van der Waals surface area contributed by atoms with Gasteiger partial charge >= 0.3 is 0 Å². The molecular weight excluding hydrogens is 601 g/mol. The van der Waals surface area contributed by atoms with E-state index in [2.05, 4.69) is 138 Å². The summed E-state index contributed by atoms with van der Waals surface area (Å²) in [6, 6.07) is 59.2. The molecule has 10 aromatic rings. The van der Waals surface area contributed by atoms with E-state index < -0.39 is 0 Å². The topological polar surface area (TPSA) is 42.4 Å². The third kappa shape index (κ3) is 4.49. The summed E-state index contributed by atoms with van der Waals surface area (Å²) >= 11 is 0. The molecule has 0 bridgehead atoms. The number of rotatable bonds is 5. The number of anilines is 3. The lowest BCUT2D eigenvalue weighted by atomic mass is 9.98. The second-order valence-electron chi connectivity index (χ2n) is 12.4. The molecule has 4 nitrogen and oxygen atoms in total. The second kappa shape index (κ2) is 11.0. The number of oxazole rings is 1.